The molecule has 2 N–H and O–H groups in total. The lowest BCUT2D eigenvalue weighted by Gasteiger charge is -2.20. The number of amides is 1. The van der Waals surface area contributed by atoms with Crippen molar-refractivity contribution in [2.24, 2.45) is 0 Å². The third-order valence-corrected chi connectivity index (χ3v) is 5.20. The van der Waals surface area contributed by atoms with E-state index in [1.54, 1.807) is 11.3 Å². The number of carbonyl (C=O) groups excluding carboxylic acids is 1. The second-order valence-electron chi connectivity index (χ2n) is 5.90. The van der Waals surface area contributed by atoms with Gasteiger partial charge in [0.05, 0.1) is 14.1 Å². The first-order valence-corrected chi connectivity index (χ1v) is 9.58. The Labute approximate surface area is 149 Å². The molecule has 0 bridgehead atoms. The van der Waals surface area contributed by atoms with Gasteiger partial charge in [-0.3, -0.25) is 4.79 Å². The fraction of sp³-hybridized carbons (Fsp3) is 0.222. The van der Waals surface area contributed by atoms with Crippen LogP contribution in [0.15, 0.2) is 52.5 Å². The summed E-state index contributed by atoms with van der Waals surface area (Å²) in [6.45, 7) is 0.817. The van der Waals surface area contributed by atoms with E-state index < -0.39 is 0 Å². The molecule has 4 nitrogen and oxygen atoms in total. The molecule has 0 radical (unpaired) electrons. The van der Waals surface area contributed by atoms with Gasteiger partial charge in [-0.05, 0) is 17.0 Å². The maximum atomic E-state index is 12.6. The van der Waals surface area contributed by atoms with Gasteiger partial charge in [-0.25, -0.2) is 4.98 Å². The number of benzene rings is 1. The molecule has 0 aliphatic rings. The molecule has 3 rings (SSSR count). The quantitative estimate of drug-likeness (QED) is 0.711. The number of thiophene rings is 1. The minimum absolute atomic E-state index is 0.0324. The zero-order valence-electron chi connectivity index (χ0n) is 13.7. The van der Waals surface area contributed by atoms with Crippen LogP contribution in [0.25, 0.3) is 10.6 Å². The molecule has 0 unspecified atom stereocenters. The summed E-state index contributed by atoms with van der Waals surface area (Å²) in [6.07, 6.45) is 0. The summed E-state index contributed by atoms with van der Waals surface area (Å²) in [5, 5.41) is 9.90. The number of nitrogens with one attached hydrogen (secondary N) is 2. The number of nitrogens with zero attached hydrogens (tertiary/aromatic N) is 1. The van der Waals surface area contributed by atoms with E-state index in [1.807, 2.05) is 52.5 Å². The van der Waals surface area contributed by atoms with Gasteiger partial charge in [0.15, 0.2) is 0 Å². The van der Waals surface area contributed by atoms with Gasteiger partial charge in [0.1, 0.15) is 23.3 Å². The van der Waals surface area contributed by atoms with E-state index >= 15 is 0 Å². The van der Waals surface area contributed by atoms with E-state index in [0.29, 0.717) is 5.69 Å². The first-order chi connectivity index (χ1) is 11.6. The molecule has 0 saturated carbocycles. The molecule has 2 heterocycles. The SMILES string of the molecule is C[NH+](C)C[C@H](NC(=O)c1csc(-c2ccsc2)n1)c1ccccc1. The molecule has 1 aromatic carbocycles. The summed E-state index contributed by atoms with van der Waals surface area (Å²) in [4.78, 5) is 18.4. The predicted molar refractivity (Wildman–Crippen MR) is 99.8 cm³/mol. The molecule has 0 spiro atoms. The molecule has 2 aromatic heterocycles. The van der Waals surface area contributed by atoms with Crippen LogP contribution >= 0.6 is 22.7 Å². The van der Waals surface area contributed by atoms with E-state index in [0.717, 1.165) is 22.7 Å². The lowest BCUT2D eigenvalue weighted by molar-refractivity contribution is -0.860. The Balaban J connectivity index is 1.76. The highest BCUT2D eigenvalue weighted by Gasteiger charge is 2.20. The van der Waals surface area contributed by atoms with Crippen molar-refractivity contribution in [3.05, 3.63) is 63.8 Å². The first kappa shape index (κ1) is 16.8. The van der Waals surface area contributed by atoms with Crippen molar-refractivity contribution in [3.63, 3.8) is 0 Å². The molecule has 0 fully saturated rings. The van der Waals surface area contributed by atoms with Crippen molar-refractivity contribution in [2.75, 3.05) is 20.6 Å². The highest BCUT2D eigenvalue weighted by molar-refractivity contribution is 7.14. The van der Waals surface area contributed by atoms with Gasteiger partial charge >= 0.3 is 0 Å². The number of rotatable bonds is 6. The third-order valence-electron chi connectivity index (χ3n) is 3.62. The zero-order valence-corrected chi connectivity index (χ0v) is 15.3. The van der Waals surface area contributed by atoms with Gasteiger partial charge < -0.3 is 10.2 Å². The fourth-order valence-corrected chi connectivity index (χ4v) is 3.99. The molecule has 1 amide bonds. The Morgan fingerprint density at radius 3 is 2.67 bits per heavy atom. The molecule has 24 heavy (non-hydrogen) atoms. The Bertz CT molecular complexity index is 782. The van der Waals surface area contributed by atoms with E-state index in [-0.39, 0.29) is 11.9 Å². The van der Waals surface area contributed by atoms with Crippen molar-refractivity contribution < 1.29 is 9.69 Å². The van der Waals surface area contributed by atoms with Crippen LogP contribution in [0.3, 0.4) is 0 Å². The van der Waals surface area contributed by atoms with Crippen LogP contribution in [0.1, 0.15) is 22.1 Å². The number of aromatic nitrogens is 1. The number of thiazole rings is 1. The standard InChI is InChI=1S/C18H19N3OS2/c1-21(2)10-15(13-6-4-3-5-7-13)19-17(22)16-12-24-18(20-16)14-8-9-23-11-14/h3-9,11-12,15H,10H2,1-2H3,(H,19,22)/p+1/t15-/m0/s1. The Kier molecular flexibility index (Phi) is 5.40. The molecule has 0 aliphatic carbocycles. The average Bonchev–Trinajstić information content (AvgIpc) is 3.25. The van der Waals surface area contributed by atoms with Crippen LogP contribution in [0, 0.1) is 0 Å². The van der Waals surface area contributed by atoms with Crippen LogP contribution in [-0.2, 0) is 0 Å². The van der Waals surface area contributed by atoms with Gasteiger partial charge in [-0.2, -0.15) is 11.3 Å². The van der Waals surface area contributed by atoms with Gasteiger partial charge in [0, 0.05) is 16.3 Å². The number of hydrogen-bond acceptors (Lipinski definition) is 4. The predicted octanol–water partition coefficient (Wildman–Crippen LogP) is 2.49. The molecular formula is C18H20N3OS2+. The van der Waals surface area contributed by atoms with Gasteiger partial charge in [-0.1, -0.05) is 30.3 Å². The number of carbonyl (C=O) groups is 1. The maximum absolute atomic E-state index is 12.6. The van der Waals surface area contributed by atoms with Crippen molar-refractivity contribution >= 4 is 28.6 Å². The summed E-state index contributed by atoms with van der Waals surface area (Å²) < 4.78 is 0. The third kappa shape index (κ3) is 4.08. The topological polar surface area (TPSA) is 46.4 Å². The van der Waals surface area contributed by atoms with Crippen LogP contribution in [0.4, 0.5) is 0 Å². The van der Waals surface area contributed by atoms with Crippen molar-refractivity contribution in [1.82, 2.24) is 10.3 Å². The monoisotopic (exact) mass is 358 g/mol. The summed E-state index contributed by atoms with van der Waals surface area (Å²) in [5.41, 5.74) is 2.66. The molecule has 0 aliphatic heterocycles. The largest absolute Gasteiger partial charge is 0.338 e. The molecule has 124 valence electrons. The normalized spacial score (nSPS) is 12.3. The molecule has 3 aromatic rings. The van der Waals surface area contributed by atoms with E-state index in [9.17, 15) is 4.79 Å². The van der Waals surface area contributed by atoms with E-state index in [1.165, 1.54) is 16.2 Å². The van der Waals surface area contributed by atoms with Crippen molar-refractivity contribution in [2.45, 2.75) is 6.04 Å². The summed E-state index contributed by atoms with van der Waals surface area (Å²) in [6, 6.07) is 12.1. The second kappa shape index (κ2) is 7.70. The van der Waals surface area contributed by atoms with Crippen LogP contribution in [0.2, 0.25) is 0 Å². The van der Waals surface area contributed by atoms with Gasteiger partial charge in [-0.15, -0.1) is 11.3 Å². The van der Waals surface area contributed by atoms with Crippen LogP contribution < -0.4 is 10.2 Å². The van der Waals surface area contributed by atoms with Crippen LogP contribution in [-0.4, -0.2) is 31.5 Å². The molecule has 6 heteroatoms. The first-order valence-electron chi connectivity index (χ1n) is 7.76. The summed E-state index contributed by atoms with van der Waals surface area (Å²) in [5.74, 6) is -0.122. The lowest BCUT2D eigenvalue weighted by Crippen LogP contribution is -3.06. The van der Waals surface area contributed by atoms with E-state index in [4.69, 9.17) is 0 Å². The van der Waals surface area contributed by atoms with Crippen LogP contribution in [0.5, 0.6) is 0 Å². The number of quaternary nitrogens is 1. The molecule has 1 atom stereocenters. The zero-order chi connectivity index (χ0) is 16.9. The maximum Gasteiger partial charge on any atom is 0.271 e. The lowest BCUT2D eigenvalue weighted by atomic mass is 10.1. The number of hydrogen-bond donors (Lipinski definition) is 2. The average molecular weight is 359 g/mol. The highest BCUT2D eigenvalue weighted by Crippen LogP contribution is 2.25. The van der Waals surface area contributed by atoms with Gasteiger partial charge in [0.2, 0.25) is 0 Å². The summed E-state index contributed by atoms with van der Waals surface area (Å²) in [7, 11) is 4.17. The Morgan fingerprint density at radius 2 is 2.00 bits per heavy atom. The minimum atomic E-state index is -0.122. The Morgan fingerprint density at radius 1 is 1.21 bits per heavy atom. The van der Waals surface area contributed by atoms with Crippen molar-refractivity contribution in [3.8, 4) is 10.6 Å². The fourth-order valence-electron chi connectivity index (χ4n) is 2.47. The highest BCUT2D eigenvalue weighted by atomic mass is 32.1. The molecule has 0 saturated heterocycles. The van der Waals surface area contributed by atoms with Crippen molar-refractivity contribution in [1.29, 1.82) is 0 Å². The summed E-state index contributed by atoms with van der Waals surface area (Å²) >= 11 is 3.13. The number of likely N-dealkylation sites (N-methyl/N-ethyl adjacent to an activating group) is 1. The smallest absolute Gasteiger partial charge is 0.271 e. The Hall–Kier alpha value is -2.02. The van der Waals surface area contributed by atoms with Gasteiger partial charge in [0.25, 0.3) is 5.91 Å². The minimum Gasteiger partial charge on any atom is -0.338 e. The van der Waals surface area contributed by atoms with E-state index in [2.05, 4.69) is 24.4 Å². The second-order valence-corrected chi connectivity index (χ2v) is 7.54. The molecular weight excluding hydrogens is 338 g/mol.